The van der Waals surface area contributed by atoms with Gasteiger partial charge in [-0.05, 0) is 37.6 Å². The van der Waals surface area contributed by atoms with Crippen LogP contribution in [-0.2, 0) is 6.54 Å². The minimum atomic E-state index is -2.86. The molecule has 1 aromatic carbocycles. The molecule has 0 unspecified atom stereocenters. The van der Waals surface area contributed by atoms with Crippen LogP contribution < -0.4 is 15.2 Å². The first-order chi connectivity index (χ1) is 10.0. The molecule has 0 aliphatic rings. The van der Waals surface area contributed by atoms with E-state index in [1.807, 2.05) is 13.8 Å². The van der Waals surface area contributed by atoms with Crippen LogP contribution in [0.1, 0.15) is 18.1 Å². The maximum absolute atomic E-state index is 12.2. The lowest BCUT2D eigenvalue weighted by Gasteiger charge is -2.11. The van der Waals surface area contributed by atoms with Gasteiger partial charge in [-0.2, -0.15) is 8.78 Å². The molecule has 0 aliphatic heterocycles. The third-order valence-corrected chi connectivity index (χ3v) is 2.88. The van der Waals surface area contributed by atoms with E-state index in [4.69, 9.17) is 10.5 Å². The molecule has 0 radical (unpaired) electrons. The fraction of sp³-hybridized carbons (Fsp3) is 0.357. The van der Waals surface area contributed by atoms with Crippen LogP contribution in [0.3, 0.4) is 0 Å². The molecule has 5 nitrogen and oxygen atoms in total. The Hall–Kier alpha value is -2.15. The van der Waals surface area contributed by atoms with E-state index in [2.05, 4.69) is 9.84 Å². The Balaban J connectivity index is 2.36. The largest absolute Gasteiger partial charge is 0.477 e. The maximum Gasteiger partial charge on any atom is 0.387 e. The standard InChI is InChI=1S/C14H17F2N3O2/c1-3-20-13-9(2)8-19(18-13)12-5-4-11(21-14(15)16)6-10(12)7-17/h4-6,8,14H,3,7,17H2,1-2H3. The van der Waals surface area contributed by atoms with E-state index in [0.717, 1.165) is 5.56 Å². The highest BCUT2D eigenvalue weighted by atomic mass is 19.3. The summed E-state index contributed by atoms with van der Waals surface area (Å²) in [7, 11) is 0. The fourth-order valence-electron chi connectivity index (χ4n) is 1.97. The molecule has 2 aromatic rings. The van der Waals surface area contributed by atoms with Crippen LogP contribution in [0.15, 0.2) is 24.4 Å². The first-order valence-electron chi connectivity index (χ1n) is 6.52. The SMILES string of the molecule is CCOc1nn(-c2ccc(OC(F)F)cc2CN)cc1C. The third-order valence-electron chi connectivity index (χ3n) is 2.88. The van der Waals surface area contributed by atoms with Crippen molar-refractivity contribution < 1.29 is 18.3 Å². The molecule has 2 N–H and O–H groups in total. The van der Waals surface area contributed by atoms with Crippen molar-refractivity contribution in [1.29, 1.82) is 0 Å². The highest BCUT2D eigenvalue weighted by Crippen LogP contribution is 2.24. The van der Waals surface area contributed by atoms with Gasteiger partial charge in [-0.25, -0.2) is 4.68 Å². The Labute approximate surface area is 121 Å². The van der Waals surface area contributed by atoms with E-state index < -0.39 is 6.61 Å². The first-order valence-corrected chi connectivity index (χ1v) is 6.52. The summed E-state index contributed by atoms with van der Waals surface area (Å²) in [6.07, 6.45) is 1.80. The van der Waals surface area contributed by atoms with Gasteiger partial charge in [0.1, 0.15) is 5.75 Å². The normalized spacial score (nSPS) is 11.0. The Bertz CT molecular complexity index is 614. The van der Waals surface area contributed by atoms with Crippen LogP contribution in [0.25, 0.3) is 5.69 Å². The van der Waals surface area contributed by atoms with Crippen LogP contribution in [0.2, 0.25) is 0 Å². The van der Waals surface area contributed by atoms with Gasteiger partial charge in [0, 0.05) is 18.3 Å². The van der Waals surface area contributed by atoms with Gasteiger partial charge in [0.2, 0.25) is 5.88 Å². The second-order valence-corrected chi connectivity index (χ2v) is 4.37. The molecule has 21 heavy (non-hydrogen) atoms. The quantitative estimate of drug-likeness (QED) is 0.890. The van der Waals surface area contributed by atoms with Crippen LogP contribution in [0.5, 0.6) is 11.6 Å². The zero-order chi connectivity index (χ0) is 15.4. The highest BCUT2D eigenvalue weighted by molar-refractivity contribution is 5.46. The molecule has 114 valence electrons. The third kappa shape index (κ3) is 3.49. The number of nitrogens with two attached hydrogens (primary N) is 1. The van der Waals surface area contributed by atoms with Gasteiger partial charge in [0.15, 0.2) is 0 Å². The molecule has 2 rings (SSSR count). The van der Waals surface area contributed by atoms with Gasteiger partial charge in [0.25, 0.3) is 0 Å². The number of hydrogen-bond donors (Lipinski definition) is 1. The van der Waals surface area contributed by atoms with Gasteiger partial charge in [0.05, 0.1) is 12.3 Å². The smallest absolute Gasteiger partial charge is 0.387 e. The van der Waals surface area contributed by atoms with E-state index >= 15 is 0 Å². The summed E-state index contributed by atoms with van der Waals surface area (Å²) in [5.41, 5.74) is 7.91. The zero-order valence-electron chi connectivity index (χ0n) is 11.8. The number of rotatable bonds is 6. The molecule has 0 fully saturated rings. The summed E-state index contributed by atoms with van der Waals surface area (Å²) < 4.78 is 35.9. The van der Waals surface area contributed by atoms with E-state index in [9.17, 15) is 8.78 Å². The first kappa shape index (κ1) is 15.2. The van der Waals surface area contributed by atoms with Crippen LogP contribution in [0.4, 0.5) is 8.78 Å². The topological polar surface area (TPSA) is 62.3 Å². The average molecular weight is 297 g/mol. The number of aryl methyl sites for hydroxylation is 1. The van der Waals surface area contributed by atoms with Gasteiger partial charge in [-0.3, -0.25) is 0 Å². The summed E-state index contributed by atoms with van der Waals surface area (Å²) in [4.78, 5) is 0. The molecular formula is C14H17F2N3O2. The molecule has 0 bridgehead atoms. The zero-order valence-corrected chi connectivity index (χ0v) is 11.8. The van der Waals surface area contributed by atoms with Crippen molar-refractivity contribution in [2.24, 2.45) is 5.73 Å². The minimum Gasteiger partial charge on any atom is -0.477 e. The lowest BCUT2D eigenvalue weighted by Crippen LogP contribution is -2.08. The number of aromatic nitrogens is 2. The van der Waals surface area contributed by atoms with Gasteiger partial charge in [-0.1, -0.05) is 0 Å². The van der Waals surface area contributed by atoms with E-state index in [1.165, 1.54) is 12.1 Å². The van der Waals surface area contributed by atoms with Gasteiger partial charge in [-0.15, -0.1) is 5.10 Å². The molecule has 0 aliphatic carbocycles. The van der Waals surface area contributed by atoms with E-state index in [0.29, 0.717) is 23.7 Å². The number of nitrogens with zero attached hydrogens (tertiary/aromatic N) is 2. The molecule has 1 aromatic heterocycles. The molecule has 0 saturated carbocycles. The summed E-state index contributed by atoms with van der Waals surface area (Å²) in [5, 5.41) is 4.32. The maximum atomic E-state index is 12.2. The molecular weight excluding hydrogens is 280 g/mol. The summed E-state index contributed by atoms with van der Waals surface area (Å²) in [5.74, 6) is 0.608. The number of ether oxygens (including phenoxy) is 2. The number of hydrogen-bond acceptors (Lipinski definition) is 4. The summed E-state index contributed by atoms with van der Waals surface area (Å²) in [6, 6.07) is 4.58. The molecule has 0 atom stereocenters. The Kier molecular flexibility index (Phi) is 4.74. The van der Waals surface area contributed by atoms with Crippen LogP contribution in [0, 0.1) is 6.92 Å². The van der Waals surface area contributed by atoms with Crippen molar-refractivity contribution in [2.45, 2.75) is 27.0 Å². The van der Waals surface area contributed by atoms with E-state index in [-0.39, 0.29) is 12.3 Å². The minimum absolute atomic E-state index is 0.0723. The molecule has 0 spiro atoms. The van der Waals surface area contributed by atoms with Crippen molar-refractivity contribution in [3.63, 3.8) is 0 Å². The van der Waals surface area contributed by atoms with Crippen LogP contribution >= 0.6 is 0 Å². The molecule has 1 heterocycles. The number of alkyl halides is 2. The molecule has 0 saturated heterocycles. The summed E-state index contributed by atoms with van der Waals surface area (Å²) in [6.45, 7) is 1.59. The number of benzene rings is 1. The Morgan fingerprint density at radius 2 is 2.14 bits per heavy atom. The van der Waals surface area contributed by atoms with Crippen molar-refractivity contribution in [2.75, 3.05) is 6.61 Å². The van der Waals surface area contributed by atoms with Crippen molar-refractivity contribution in [3.8, 4) is 17.3 Å². The molecule has 0 amide bonds. The second kappa shape index (κ2) is 6.53. The fourth-order valence-corrected chi connectivity index (χ4v) is 1.97. The highest BCUT2D eigenvalue weighted by Gasteiger charge is 2.12. The Morgan fingerprint density at radius 3 is 2.76 bits per heavy atom. The van der Waals surface area contributed by atoms with Crippen LogP contribution in [-0.4, -0.2) is 23.0 Å². The van der Waals surface area contributed by atoms with Gasteiger partial charge >= 0.3 is 6.61 Å². The lowest BCUT2D eigenvalue weighted by atomic mass is 10.1. The predicted molar refractivity (Wildman–Crippen MR) is 74.0 cm³/mol. The predicted octanol–water partition coefficient (Wildman–Crippen LogP) is 2.64. The Morgan fingerprint density at radius 1 is 1.38 bits per heavy atom. The van der Waals surface area contributed by atoms with Crippen molar-refractivity contribution >= 4 is 0 Å². The average Bonchev–Trinajstić information content (AvgIpc) is 2.79. The second-order valence-electron chi connectivity index (χ2n) is 4.37. The van der Waals surface area contributed by atoms with Gasteiger partial charge < -0.3 is 15.2 Å². The number of halogens is 2. The van der Waals surface area contributed by atoms with Crippen molar-refractivity contribution in [3.05, 3.63) is 35.5 Å². The van der Waals surface area contributed by atoms with Crippen molar-refractivity contribution in [1.82, 2.24) is 9.78 Å². The monoisotopic (exact) mass is 297 g/mol. The van der Waals surface area contributed by atoms with E-state index in [1.54, 1.807) is 16.9 Å². The lowest BCUT2D eigenvalue weighted by molar-refractivity contribution is -0.0498. The summed E-state index contributed by atoms with van der Waals surface area (Å²) >= 11 is 0. The molecule has 7 heteroatoms.